The topological polar surface area (TPSA) is 91.8 Å². The number of likely N-dealkylation sites (tertiary alicyclic amines) is 1. The lowest BCUT2D eigenvalue weighted by molar-refractivity contribution is -0.0305. The number of carbonyl (C=O) groups is 2. The number of amides is 2. The average molecular weight is 486 g/mol. The largest absolute Gasteiger partial charge is 0.507 e. The molecule has 0 radical (unpaired) electrons. The van der Waals surface area contributed by atoms with Gasteiger partial charge in [0, 0.05) is 37.5 Å². The van der Waals surface area contributed by atoms with E-state index < -0.39 is 0 Å². The minimum absolute atomic E-state index is 0.0110. The quantitative estimate of drug-likeness (QED) is 0.566. The van der Waals surface area contributed by atoms with Gasteiger partial charge in [0.25, 0.3) is 11.8 Å². The number of fused-ring (bicyclic) bond motifs is 2. The predicted octanol–water partition coefficient (Wildman–Crippen LogP) is 4.16. The summed E-state index contributed by atoms with van der Waals surface area (Å²) in [4.78, 5) is 32.2. The van der Waals surface area contributed by atoms with Gasteiger partial charge in [0.05, 0.1) is 23.3 Å². The van der Waals surface area contributed by atoms with Crippen LogP contribution in [-0.4, -0.2) is 52.6 Å². The normalized spacial score (nSPS) is 20.2. The van der Waals surface area contributed by atoms with Crippen LogP contribution in [-0.2, 0) is 10.2 Å². The number of rotatable bonds is 5. The maximum atomic E-state index is 13.2. The first-order valence-corrected chi connectivity index (χ1v) is 12.5. The second-order valence-corrected chi connectivity index (χ2v) is 9.62. The number of aryl methyl sites for hydroxylation is 1. The van der Waals surface area contributed by atoms with Crippen molar-refractivity contribution >= 4 is 11.8 Å². The molecule has 1 saturated heterocycles. The summed E-state index contributed by atoms with van der Waals surface area (Å²) in [6, 6.07) is 16.5. The highest BCUT2D eigenvalue weighted by Crippen LogP contribution is 2.52. The maximum absolute atomic E-state index is 13.2. The molecule has 1 spiro atoms. The molecule has 2 atom stereocenters. The molecule has 1 aliphatic carbocycles. The molecule has 1 aliphatic heterocycles. The van der Waals surface area contributed by atoms with Crippen LogP contribution in [0.1, 0.15) is 63.2 Å². The summed E-state index contributed by atoms with van der Waals surface area (Å²) in [5, 5.41) is 13.6. The third-order valence-electron chi connectivity index (χ3n) is 7.56. The molecule has 2 aliphatic rings. The number of ether oxygens (including phenoxy) is 1. The van der Waals surface area contributed by atoms with Crippen LogP contribution in [0.15, 0.2) is 67.0 Å². The first kappa shape index (κ1) is 24.0. The molecule has 0 bridgehead atoms. The fourth-order valence-electron chi connectivity index (χ4n) is 5.82. The Labute approximate surface area is 211 Å². The molecule has 1 aromatic heterocycles. The molecule has 7 nitrogen and oxygen atoms in total. The van der Waals surface area contributed by atoms with Crippen molar-refractivity contribution in [2.24, 2.45) is 0 Å². The van der Waals surface area contributed by atoms with E-state index in [0.29, 0.717) is 43.7 Å². The Kier molecular flexibility index (Phi) is 6.49. The van der Waals surface area contributed by atoms with Crippen LogP contribution in [0.4, 0.5) is 0 Å². The van der Waals surface area contributed by atoms with Crippen LogP contribution in [0, 0.1) is 6.92 Å². The first-order valence-electron chi connectivity index (χ1n) is 12.5. The summed E-state index contributed by atoms with van der Waals surface area (Å²) in [7, 11) is 0. The number of benzene rings is 2. The number of hydrogen-bond acceptors (Lipinski definition) is 5. The van der Waals surface area contributed by atoms with Crippen LogP contribution < -0.4 is 5.32 Å². The van der Waals surface area contributed by atoms with Gasteiger partial charge in [-0.15, -0.1) is 0 Å². The SMILES string of the molecule is CCO[C@H]1[C@H](NC(=O)c2cccnc2)c2ccccc2C12CCN(C(=O)c1ccc(C)cc1O)CC2. The number of nitrogens with one attached hydrogen (secondary N) is 1. The lowest BCUT2D eigenvalue weighted by Gasteiger charge is -2.44. The lowest BCUT2D eigenvalue weighted by atomic mass is 9.71. The maximum Gasteiger partial charge on any atom is 0.257 e. The number of pyridine rings is 1. The zero-order valence-electron chi connectivity index (χ0n) is 20.6. The monoisotopic (exact) mass is 485 g/mol. The first-order chi connectivity index (χ1) is 17.4. The number of hydrogen-bond donors (Lipinski definition) is 2. The van der Waals surface area contributed by atoms with Gasteiger partial charge in [0.15, 0.2) is 0 Å². The van der Waals surface area contributed by atoms with E-state index in [1.54, 1.807) is 36.7 Å². The molecule has 186 valence electrons. The Bertz CT molecular complexity index is 1270. The van der Waals surface area contributed by atoms with Gasteiger partial charge >= 0.3 is 0 Å². The third-order valence-corrected chi connectivity index (χ3v) is 7.56. The van der Waals surface area contributed by atoms with E-state index in [1.807, 2.05) is 36.9 Å². The third kappa shape index (κ3) is 4.13. The van der Waals surface area contributed by atoms with Crippen molar-refractivity contribution in [1.29, 1.82) is 0 Å². The van der Waals surface area contributed by atoms with Crippen molar-refractivity contribution in [2.45, 2.75) is 44.2 Å². The minimum Gasteiger partial charge on any atom is -0.507 e. The molecule has 2 N–H and O–H groups in total. The van der Waals surface area contributed by atoms with E-state index in [9.17, 15) is 14.7 Å². The van der Waals surface area contributed by atoms with Gasteiger partial charge in [0.1, 0.15) is 5.75 Å². The Balaban J connectivity index is 1.42. The average Bonchev–Trinajstić information content (AvgIpc) is 3.13. The van der Waals surface area contributed by atoms with Gasteiger partial charge in [-0.05, 0) is 67.6 Å². The number of piperidine rings is 1. The van der Waals surface area contributed by atoms with Crippen molar-refractivity contribution < 1.29 is 19.4 Å². The van der Waals surface area contributed by atoms with Crippen molar-refractivity contribution in [3.63, 3.8) is 0 Å². The molecule has 5 rings (SSSR count). The summed E-state index contributed by atoms with van der Waals surface area (Å²) < 4.78 is 6.37. The standard InChI is InChI=1S/C29H31N3O4/c1-3-36-26-25(31-27(34)20-7-6-14-30-18-20)21-8-4-5-9-23(21)29(26)12-15-32(16-13-29)28(35)22-11-10-19(2)17-24(22)33/h4-11,14,17-18,25-26,33H,3,12-13,15-16H2,1-2H3,(H,31,34)/t25-,26+/m1/s1. The molecule has 7 heteroatoms. The molecule has 0 saturated carbocycles. The fourth-order valence-corrected chi connectivity index (χ4v) is 5.82. The number of aromatic nitrogens is 1. The van der Waals surface area contributed by atoms with Gasteiger partial charge in [-0.25, -0.2) is 0 Å². The Hall–Kier alpha value is -3.71. The Morgan fingerprint density at radius 3 is 2.61 bits per heavy atom. The van der Waals surface area contributed by atoms with Gasteiger partial charge in [-0.1, -0.05) is 30.3 Å². The van der Waals surface area contributed by atoms with Crippen molar-refractivity contribution in [3.8, 4) is 5.75 Å². The lowest BCUT2D eigenvalue weighted by Crippen LogP contribution is -2.52. The zero-order chi connectivity index (χ0) is 25.3. The molecule has 3 aromatic rings. The van der Waals surface area contributed by atoms with E-state index >= 15 is 0 Å². The van der Waals surface area contributed by atoms with E-state index in [4.69, 9.17) is 4.74 Å². The zero-order valence-corrected chi connectivity index (χ0v) is 20.6. The number of nitrogens with zero attached hydrogens (tertiary/aromatic N) is 2. The van der Waals surface area contributed by atoms with Crippen LogP contribution in [0.25, 0.3) is 0 Å². The fraction of sp³-hybridized carbons (Fsp3) is 0.345. The Morgan fingerprint density at radius 1 is 1.14 bits per heavy atom. The van der Waals surface area contributed by atoms with Gasteiger partial charge in [0.2, 0.25) is 0 Å². The second-order valence-electron chi connectivity index (χ2n) is 9.62. The number of phenolic OH excluding ortho intramolecular Hbond substituents is 1. The predicted molar refractivity (Wildman–Crippen MR) is 136 cm³/mol. The van der Waals surface area contributed by atoms with E-state index in [1.165, 1.54) is 5.56 Å². The van der Waals surface area contributed by atoms with E-state index in [2.05, 4.69) is 22.4 Å². The number of aromatic hydroxyl groups is 1. The minimum atomic E-state index is -0.328. The highest BCUT2D eigenvalue weighted by atomic mass is 16.5. The molecule has 0 unspecified atom stereocenters. The molecule has 2 heterocycles. The molecular weight excluding hydrogens is 454 g/mol. The Morgan fingerprint density at radius 2 is 1.92 bits per heavy atom. The van der Waals surface area contributed by atoms with Crippen LogP contribution in [0.5, 0.6) is 5.75 Å². The van der Waals surface area contributed by atoms with Crippen molar-refractivity contribution in [2.75, 3.05) is 19.7 Å². The van der Waals surface area contributed by atoms with Crippen molar-refractivity contribution in [3.05, 3.63) is 94.8 Å². The smallest absolute Gasteiger partial charge is 0.257 e. The van der Waals surface area contributed by atoms with Gasteiger partial charge in [-0.3, -0.25) is 14.6 Å². The molecule has 2 amide bonds. The molecule has 36 heavy (non-hydrogen) atoms. The summed E-state index contributed by atoms with van der Waals surface area (Å²) >= 11 is 0. The summed E-state index contributed by atoms with van der Waals surface area (Å²) in [6.07, 6.45) is 4.35. The number of phenols is 1. The van der Waals surface area contributed by atoms with Crippen LogP contribution in [0.3, 0.4) is 0 Å². The van der Waals surface area contributed by atoms with Crippen LogP contribution >= 0.6 is 0 Å². The summed E-state index contributed by atoms with van der Waals surface area (Å²) in [6.45, 7) is 5.43. The second kappa shape index (κ2) is 9.74. The highest BCUT2D eigenvalue weighted by Gasteiger charge is 2.54. The highest BCUT2D eigenvalue weighted by molar-refractivity contribution is 5.97. The number of carbonyl (C=O) groups excluding carboxylic acids is 2. The van der Waals surface area contributed by atoms with E-state index in [0.717, 1.165) is 11.1 Å². The molecule has 1 fully saturated rings. The van der Waals surface area contributed by atoms with Crippen molar-refractivity contribution in [1.82, 2.24) is 15.2 Å². The summed E-state index contributed by atoms with van der Waals surface area (Å²) in [5.41, 5.74) is 3.64. The van der Waals surface area contributed by atoms with Gasteiger partial charge in [-0.2, -0.15) is 0 Å². The molecular formula is C29H31N3O4. The van der Waals surface area contributed by atoms with E-state index in [-0.39, 0.29) is 35.1 Å². The van der Waals surface area contributed by atoms with Crippen LogP contribution in [0.2, 0.25) is 0 Å². The molecule has 2 aromatic carbocycles. The summed E-state index contributed by atoms with van der Waals surface area (Å²) in [5.74, 6) is -0.341. The van der Waals surface area contributed by atoms with Gasteiger partial charge < -0.3 is 20.1 Å².